The monoisotopic (exact) mass is 313 g/mol. The highest BCUT2D eigenvalue weighted by Gasteiger charge is 2.17. The Morgan fingerprint density at radius 1 is 1.52 bits per heavy atom. The van der Waals surface area contributed by atoms with Crippen molar-refractivity contribution in [3.8, 4) is 12.3 Å². The van der Waals surface area contributed by atoms with Crippen molar-refractivity contribution in [1.82, 2.24) is 9.88 Å². The molecule has 0 N–H and O–H groups in total. The van der Waals surface area contributed by atoms with Crippen LogP contribution in [0.5, 0.6) is 0 Å². The van der Waals surface area contributed by atoms with Gasteiger partial charge >= 0.3 is 0 Å². The van der Waals surface area contributed by atoms with Crippen LogP contribution in [-0.2, 0) is 4.79 Å². The summed E-state index contributed by atoms with van der Waals surface area (Å²) in [6.45, 7) is 10.0. The number of carbonyl (C=O) groups is 1. The van der Waals surface area contributed by atoms with E-state index in [0.29, 0.717) is 6.54 Å². The molecule has 124 valence electrons. The minimum Gasteiger partial charge on any atom is -0.316 e. The van der Waals surface area contributed by atoms with E-state index in [4.69, 9.17) is 0 Å². The van der Waals surface area contributed by atoms with Crippen LogP contribution in [-0.4, -0.2) is 35.1 Å². The summed E-state index contributed by atoms with van der Waals surface area (Å²) in [4.78, 5) is 22.3. The number of hydrogen-bond donors (Lipinski definition) is 0. The Kier molecular flexibility index (Phi) is 10.0. The Hall–Kier alpha value is -2.41. The lowest BCUT2D eigenvalue weighted by atomic mass is 10.1. The number of aliphatic imine (C=N–C) groups is 1. The highest BCUT2D eigenvalue weighted by molar-refractivity contribution is 6.09. The molecule has 0 unspecified atom stereocenters. The fourth-order valence-corrected chi connectivity index (χ4v) is 1.96. The molecule has 0 radical (unpaired) electrons. The first-order valence-corrected chi connectivity index (χ1v) is 7.67. The zero-order valence-corrected chi connectivity index (χ0v) is 15.0. The van der Waals surface area contributed by atoms with Crippen LogP contribution in [0.25, 0.3) is 0 Å². The molecule has 0 aromatic carbocycles. The van der Waals surface area contributed by atoms with Gasteiger partial charge in [0.25, 0.3) is 0 Å². The van der Waals surface area contributed by atoms with Crippen molar-refractivity contribution in [2.45, 2.75) is 34.6 Å². The van der Waals surface area contributed by atoms with E-state index in [9.17, 15) is 4.79 Å². The third-order valence-corrected chi connectivity index (χ3v) is 3.05. The quantitative estimate of drug-likeness (QED) is 0.616. The molecular formula is C19H27N3O. The number of terminal acetylenes is 1. The van der Waals surface area contributed by atoms with Gasteiger partial charge in [0.05, 0.1) is 5.71 Å². The third kappa shape index (κ3) is 6.92. The molecule has 1 rings (SSSR count). The van der Waals surface area contributed by atoms with Gasteiger partial charge in [-0.1, -0.05) is 13.8 Å². The summed E-state index contributed by atoms with van der Waals surface area (Å²) in [6.07, 6.45) is 10.0. The number of amides is 1. The topological polar surface area (TPSA) is 45.6 Å². The molecule has 1 aromatic rings. The van der Waals surface area contributed by atoms with E-state index in [0.717, 1.165) is 17.0 Å². The van der Waals surface area contributed by atoms with Crippen molar-refractivity contribution in [1.29, 1.82) is 0 Å². The normalized spacial score (nSPS) is 11.4. The molecule has 23 heavy (non-hydrogen) atoms. The van der Waals surface area contributed by atoms with Crippen LogP contribution in [0.2, 0.25) is 0 Å². The minimum absolute atomic E-state index is 0.0151. The van der Waals surface area contributed by atoms with Gasteiger partial charge in [0, 0.05) is 43.2 Å². The van der Waals surface area contributed by atoms with Crippen molar-refractivity contribution in [3.63, 3.8) is 0 Å². The Balaban J connectivity index is 0.00000149. The van der Waals surface area contributed by atoms with Gasteiger partial charge in [-0.25, -0.2) is 0 Å². The van der Waals surface area contributed by atoms with Crippen LogP contribution < -0.4 is 0 Å². The molecule has 0 spiro atoms. The fourth-order valence-electron chi connectivity index (χ4n) is 1.96. The fraction of sp³-hybridized carbons (Fsp3) is 0.421. The van der Waals surface area contributed by atoms with Crippen molar-refractivity contribution in [2.24, 2.45) is 10.9 Å². The lowest BCUT2D eigenvalue weighted by Crippen LogP contribution is -2.32. The zero-order valence-electron chi connectivity index (χ0n) is 15.0. The molecule has 0 aliphatic rings. The summed E-state index contributed by atoms with van der Waals surface area (Å²) < 4.78 is 0. The van der Waals surface area contributed by atoms with Crippen LogP contribution in [0.3, 0.4) is 0 Å². The lowest BCUT2D eigenvalue weighted by molar-refractivity contribution is -0.132. The van der Waals surface area contributed by atoms with Crippen LogP contribution in [0.15, 0.2) is 41.3 Å². The largest absolute Gasteiger partial charge is 0.316 e. The van der Waals surface area contributed by atoms with E-state index in [2.05, 4.69) is 22.3 Å². The van der Waals surface area contributed by atoms with Crippen LogP contribution in [0, 0.1) is 18.3 Å². The Morgan fingerprint density at radius 2 is 2.13 bits per heavy atom. The summed E-state index contributed by atoms with van der Waals surface area (Å²) in [5.74, 6) is 2.36. The maximum absolute atomic E-state index is 12.2. The maximum Gasteiger partial charge on any atom is 0.229 e. The number of allylic oxidation sites excluding steroid dienone is 2. The highest BCUT2D eigenvalue weighted by atomic mass is 16.2. The van der Waals surface area contributed by atoms with Gasteiger partial charge in [-0.15, -0.1) is 12.3 Å². The molecule has 4 nitrogen and oxygen atoms in total. The summed E-state index contributed by atoms with van der Waals surface area (Å²) in [7, 11) is 1.74. The van der Waals surface area contributed by atoms with Crippen LogP contribution >= 0.6 is 0 Å². The number of nitrogens with zero attached hydrogens (tertiary/aromatic N) is 3. The number of aromatic nitrogens is 1. The summed E-state index contributed by atoms with van der Waals surface area (Å²) in [5, 5.41) is 0. The van der Waals surface area contributed by atoms with Crippen molar-refractivity contribution < 1.29 is 4.79 Å². The lowest BCUT2D eigenvalue weighted by Gasteiger charge is -2.23. The van der Waals surface area contributed by atoms with E-state index in [1.165, 1.54) is 0 Å². The van der Waals surface area contributed by atoms with Crippen LogP contribution in [0.4, 0.5) is 0 Å². The van der Waals surface area contributed by atoms with E-state index in [-0.39, 0.29) is 11.8 Å². The standard InChI is InChI=1S/C16H23N3O.C3H4/c1-6-19(16(20)12(2)3)13(4)10-15(17-5)14-8-7-9-18-11-14;1-3-2/h7-12H,6H2,1-5H3;1H,2H3/b13-10+,17-15?;. The van der Waals surface area contributed by atoms with Gasteiger partial charge in [-0.2, -0.15) is 0 Å². The molecule has 0 atom stereocenters. The first kappa shape index (κ1) is 20.6. The van der Waals surface area contributed by atoms with Gasteiger partial charge in [0.15, 0.2) is 0 Å². The molecular weight excluding hydrogens is 286 g/mol. The molecule has 0 saturated heterocycles. The molecule has 0 bridgehead atoms. The van der Waals surface area contributed by atoms with Crippen molar-refractivity contribution >= 4 is 11.6 Å². The average molecular weight is 313 g/mol. The summed E-state index contributed by atoms with van der Waals surface area (Å²) >= 11 is 0. The number of carbonyl (C=O) groups excluding carboxylic acids is 1. The van der Waals surface area contributed by atoms with Gasteiger partial charge in [0.1, 0.15) is 0 Å². The molecule has 0 fully saturated rings. The Labute approximate surface area is 140 Å². The zero-order chi connectivity index (χ0) is 17.8. The molecule has 0 aliphatic heterocycles. The summed E-state index contributed by atoms with van der Waals surface area (Å²) in [5.41, 5.74) is 2.67. The second kappa shape index (κ2) is 11.2. The van der Waals surface area contributed by atoms with Crippen molar-refractivity contribution in [2.75, 3.05) is 13.6 Å². The Morgan fingerprint density at radius 3 is 2.52 bits per heavy atom. The molecule has 0 aliphatic carbocycles. The number of rotatable bonds is 5. The van der Waals surface area contributed by atoms with E-state index in [1.807, 2.05) is 45.9 Å². The summed E-state index contributed by atoms with van der Waals surface area (Å²) in [6, 6.07) is 3.83. The molecule has 4 heteroatoms. The SMILES string of the molecule is C#CC.CCN(C(=O)C(C)C)/C(C)=C/C(=NC)c1cccnc1. The highest BCUT2D eigenvalue weighted by Crippen LogP contribution is 2.11. The second-order valence-corrected chi connectivity index (χ2v) is 5.16. The van der Waals surface area contributed by atoms with Gasteiger partial charge in [-0.3, -0.25) is 14.8 Å². The van der Waals surface area contributed by atoms with Gasteiger partial charge in [-0.05, 0) is 39.0 Å². The molecule has 1 heterocycles. The average Bonchev–Trinajstić information content (AvgIpc) is 2.54. The first-order chi connectivity index (χ1) is 10.9. The van der Waals surface area contributed by atoms with Crippen LogP contribution in [0.1, 0.15) is 40.2 Å². The minimum atomic E-state index is -0.0151. The predicted molar refractivity (Wildman–Crippen MR) is 97.2 cm³/mol. The molecule has 1 aromatic heterocycles. The van der Waals surface area contributed by atoms with Gasteiger partial charge in [0.2, 0.25) is 5.91 Å². The second-order valence-electron chi connectivity index (χ2n) is 5.16. The van der Waals surface area contributed by atoms with Gasteiger partial charge < -0.3 is 4.90 Å². The maximum atomic E-state index is 12.2. The molecule has 0 saturated carbocycles. The number of hydrogen-bond acceptors (Lipinski definition) is 3. The first-order valence-electron chi connectivity index (χ1n) is 7.67. The predicted octanol–water partition coefficient (Wildman–Crippen LogP) is 3.55. The number of pyridine rings is 1. The van der Waals surface area contributed by atoms with Crippen molar-refractivity contribution in [3.05, 3.63) is 41.9 Å². The molecule has 1 amide bonds. The third-order valence-electron chi connectivity index (χ3n) is 3.05. The Bertz CT molecular complexity index is 580. The van der Waals surface area contributed by atoms with E-state index >= 15 is 0 Å². The smallest absolute Gasteiger partial charge is 0.229 e. The van der Waals surface area contributed by atoms with E-state index in [1.54, 1.807) is 31.3 Å². The van der Waals surface area contributed by atoms with E-state index < -0.39 is 0 Å².